The van der Waals surface area contributed by atoms with E-state index in [-0.39, 0.29) is 22.6 Å². The van der Waals surface area contributed by atoms with Crippen LogP contribution < -0.4 is 5.56 Å². The molecular formula is C14H7Br2N3O4. The van der Waals surface area contributed by atoms with E-state index >= 15 is 0 Å². The number of H-pyrrole nitrogens is 1. The molecule has 0 spiro atoms. The van der Waals surface area contributed by atoms with Crippen LogP contribution in [0.5, 0.6) is 5.75 Å². The third-order valence-corrected chi connectivity index (χ3v) is 4.25. The number of halogens is 2. The third-order valence-electron chi connectivity index (χ3n) is 3.18. The molecule has 0 fully saturated rings. The quantitative estimate of drug-likeness (QED) is 0.466. The van der Waals surface area contributed by atoms with Gasteiger partial charge in [-0.3, -0.25) is 14.9 Å². The lowest BCUT2D eigenvalue weighted by molar-refractivity contribution is -0.384. The fourth-order valence-corrected chi connectivity index (χ4v) is 3.34. The van der Waals surface area contributed by atoms with Gasteiger partial charge in [-0.2, -0.15) is 0 Å². The summed E-state index contributed by atoms with van der Waals surface area (Å²) in [7, 11) is 0. The first kappa shape index (κ1) is 15.6. The molecule has 0 bridgehead atoms. The third kappa shape index (κ3) is 2.84. The number of phenols is 1. The van der Waals surface area contributed by atoms with E-state index in [1.807, 2.05) is 0 Å². The van der Waals surface area contributed by atoms with Crippen LogP contribution in [0.2, 0.25) is 0 Å². The molecule has 116 valence electrons. The first-order valence-electron chi connectivity index (χ1n) is 6.23. The van der Waals surface area contributed by atoms with Crippen LogP contribution in [-0.2, 0) is 0 Å². The highest BCUT2D eigenvalue weighted by Crippen LogP contribution is 2.36. The largest absolute Gasteiger partial charge is 0.506 e. The molecule has 2 N–H and O–H groups in total. The van der Waals surface area contributed by atoms with Gasteiger partial charge in [0.2, 0.25) is 0 Å². The molecule has 0 radical (unpaired) electrons. The Hall–Kier alpha value is -2.26. The lowest BCUT2D eigenvalue weighted by Gasteiger charge is -2.08. The van der Waals surface area contributed by atoms with Crippen molar-refractivity contribution in [2.45, 2.75) is 0 Å². The zero-order valence-electron chi connectivity index (χ0n) is 11.2. The molecule has 0 aliphatic heterocycles. The second-order valence-corrected chi connectivity index (χ2v) is 6.43. The number of benzene rings is 2. The number of hydrogen-bond donors (Lipinski definition) is 2. The maximum absolute atomic E-state index is 12.2. The molecule has 0 aliphatic rings. The van der Waals surface area contributed by atoms with E-state index in [0.717, 1.165) is 0 Å². The molecule has 1 aromatic heterocycles. The topological polar surface area (TPSA) is 109 Å². The van der Waals surface area contributed by atoms with Gasteiger partial charge < -0.3 is 10.1 Å². The molecular weight excluding hydrogens is 434 g/mol. The van der Waals surface area contributed by atoms with Gasteiger partial charge in [-0.05, 0) is 34.1 Å². The SMILES string of the molecule is O=c1[nH]c(-c2cc(Br)cc(Br)c2O)nc2ccc([N+](=O)[O-])cc12. The van der Waals surface area contributed by atoms with Crippen LogP contribution in [0.3, 0.4) is 0 Å². The highest BCUT2D eigenvalue weighted by Gasteiger charge is 2.15. The van der Waals surface area contributed by atoms with Crippen LogP contribution in [0.4, 0.5) is 5.69 Å². The van der Waals surface area contributed by atoms with E-state index in [4.69, 9.17) is 0 Å². The maximum Gasteiger partial charge on any atom is 0.270 e. The monoisotopic (exact) mass is 439 g/mol. The molecule has 3 aromatic rings. The van der Waals surface area contributed by atoms with Crippen LogP contribution in [0.15, 0.2) is 44.1 Å². The van der Waals surface area contributed by atoms with Gasteiger partial charge in [-0.1, -0.05) is 15.9 Å². The Morgan fingerprint density at radius 2 is 1.96 bits per heavy atom. The molecule has 2 aromatic carbocycles. The van der Waals surface area contributed by atoms with Gasteiger partial charge in [0, 0.05) is 16.6 Å². The predicted octanol–water partition coefficient (Wildman–Crippen LogP) is 3.73. The van der Waals surface area contributed by atoms with Gasteiger partial charge in [-0.15, -0.1) is 0 Å². The van der Waals surface area contributed by atoms with Crippen molar-refractivity contribution in [3.63, 3.8) is 0 Å². The zero-order valence-corrected chi connectivity index (χ0v) is 14.4. The van der Waals surface area contributed by atoms with E-state index < -0.39 is 10.5 Å². The molecule has 0 saturated heterocycles. The number of aromatic amines is 1. The van der Waals surface area contributed by atoms with E-state index in [0.29, 0.717) is 20.0 Å². The van der Waals surface area contributed by atoms with Crippen molar-refractivity contribution in [1.82, 2.24) is 9.97 Å². The van der Waals surface area contributed by atoms with Crippen LogP contribution >= 0.6 is 31.9 Å². The first-order chi connectivity index (χ1) is 10.9. The Balaban J connectivity index is 2.27. The van der Waals surface area contributed by atoms with Crippen LogP contribution in [-0.4, -0.2) is 20.0 Å². The molecule has 1 heterocycles. The van der Waals surface area contributed by atoms with Crippen molar-refractivity contribution in [1.29, 1.82) is 0 Å². The number of fused-ring (bicyclic) bond motifs is 1. The number of phenolic OH excluding ortho intramolecular Hbond substituents is 1. The summed E-state index contributed by atoms with van der Waals surface area (Å²) in [5, 5.41) is 21.0. The second kappa shape index (κ2) is 5.74. The Kier molecular flexibility index (Phi) is 3.90. The van der Waals surface area contributed by atoms with E-state index in [1.54, 1.807) is 12.1 Å². The number of nitrogens with zero attached hydrogens (tertiary/aromatic N) is 2. The number of aromatic hydroxyl groups is 1. The van der Waals surface area contributed by atoms with Gasteiger partial charge >= 0.3 is 0 Å². The minimum atomic E-state index is -0.579. The fourth-order valence-electron chi connectivity index (χ4n) is 2.11. The highest BCUT2D eigenvalue weighted by atomic mass is 79.9. The molecule has 0 unspecified atom stereocenters. The smallest absolute Gasteiger partial charge is 0.270 e. The Bertz CT molecular complexity index is 1020. The summed E-state index contributed by atoms with van der Waals surface area (Å²) in [5.41, 5.74) is -0.0942. The normalized spacial score (nSPS) is 10.9. The Morgan fingerprint density at radius 3 is 2.65 bits per heavy atom. The Labute approximate surface area is 145 Å². The summed E-state index contributed by atoms with van der Waals surface area (Å²) >= 11 is 6.52. The fraction of sp³-hybridized carbons (Fsp3) is 0. The highest BCUT2D eigenvalue weighted by molar-refractivity contribution is 9.11. The maximum atomic E-state index is 12.2. The lowest BCUT2D eigenvalue weighted by atomic mass is 10.1. The average molecular weight is 441 g/mol. The number of nitro groups is 1. The zero-order chi connectivity index (χ0) is 16.7. The van der Waals surface area contributed by atoms with E-state index in [1.165, 1.54) is 18.2 Å². The van der Waals surface area contributed by atoms with Crippen molar-refractivity contribution in [2.24, 2.45) is 0 Å². The molecule has 0 atom stereocenters. The van der Waals surface area contributed by atoms with Crippen molar-refractivity contribution >= 4 is 48.5 Å². The van der Waals surface area contributed by atoms with Crippen LogP contribution in [0.25, 0.3) is 22.3 Å². The summed E-state index contributed by atoms with van der Waals surface area (Å²) < 4.78 is 1.12. The van der Waals surface area contributed by atoms with Gasteiger partial charge in [0.1, 0.15) is 11.6 Å². The minimum absolute atomic E-state index is 0.0717. The summed E-state index contributed by atoms with van der Waals surface area (Å²) in [5.74, 6) is 0.0912. The van der Waals surface area contributed by atoms with Crippen molar-refractivity contribution in [3.05, 3.63) is 59.7 Å². The number of aromatic nitrogens is 2. The van der Waals surface area contributed by atoms with Crippen LogP contribution in [0.1, 0.15) is 0 Å². The van der Waals surface area contributed by atoms with Gasteiger partial charge in [0.15, 0.2) is 0 Å². The number of hydrogen-bond acceptors (Lipinski definition) is 5. The molecule has 0 saturated carbocycles. The lowest BCUT2D eigenvalue weighted by Crippen LogP contribution is -2.10. The number of nitro benzene ring substituents is 1. The number of rotatable bonds is 2. The van der Waals surface area contributed by atoms with Crippen molar-refractivity contribution in [2.75, 3.05) is 0 Å². The predicted molar refractivity (Wildman–Crippen MR) is 91.5 cm³/mol. The standard InChI is InChI=1S/C14H7Br2N3O4/c15-6-3-9(12(20)10(16)4-6)13-17-11-2-1-7(19(22)23)5-8(11)14(21)18-13/h1-5,20H,(H,17,18,21). The summed E-state index contributed by atoms with van der Waals surface area (Å²) in [6.45, 7) is 0. The van der Waals surface area contributed by atoms with Crippen molar-refractivity contribution < 1.29 is 10.0 Å². The van der Waals surface area contributed by atoms with Gasteiger partial charge in [0.05, 0.1) is 25.9 Å². The van der Waals surface area contributed by atoms with Crippen LogP contribution in [0, 0.1) is 10.1 Å². The molecule has 0 aliphatic carbocycles. The van der Waals surface area contributed by atoms with Gasteiger partial charge in [0.25, 0.3) is 11.2 Å². The summed E-state index contributed by atoms with van der Waals surface area (Å²) in [4.78, 5) is 29.2. The van der Waals surface area contributed by atoms with Crippen molar-refractivity contribution in [3.8, 4) is 17.1 Å². The molecule has 3 rings (SSSR count). The second-order valence-electron chi connectivity index (χ2n) is 4.66. The first-order valence-corrected chi connectivity index (χ1v) is 7.82. The molecule has 9 heteroatoms. The van der Waals surface area contributed by atoms with E-state index in [9.17, 15) is 20.0 Å². The van der Waals surface area contributed by atoms with E-state index in [2.05, 4.69) is 41.8 Å². The van der Waals surface area contributed by atoms with Gasteiger partial charge in [-0.25, -0.2) is 4.98 Å². The number of nitrogens with one attached hydrogen (secondary N) is 1. The summed E-state index contributed by atoms with van der Waals surface area (Å²) in [6.07, 6.45) is 0. The molecule has 0 amide bonds. The summed E-state index contributed by atoms with van der Waals surface area (Å²) in [6, 6.07) is 7.10. The number of non-ortho nitro benzene ring substituents is 1. The minimum Gasteiger partial charge on any atom is -0.506 e. The molecule has 23 heavy (non-hydrogen) atoms. The average Bonchev–Trinajstić information content (AvgIpc) is 2.50. The Morgan fingerprint density at radius 1 is 1.22 bits per heavy atom. The molecule has 7 nitrogen and oxygen atoms in total.